The molecule has 0 spiro atoms. The number of anilines is 2. The molecule has 1 heterocycles. The first-order valence-electron chi connectivity index (χ1n) is 8.55. The van der Waals surface area contributed by atoms with Gasteiger partial charge in [0.25, 0.3) is 5.91 Å². The molecule has 0 saturated carbocycles. The number of hydrogen-bond acceptors (Lipinski definition) is 6. The molecule has 3 aromatic rings. The Morgan fingerprint density at radius 3 is 2.46 bits per heavy atom. The fraction of sp³-hybridized carbons (Fsp3) is 0.150. The van der Waals surface area contributed by atoms with E-state index in [2.05, 4.69) is 20.6 Å². The molecule has 0 saturated heterocycles. The molecule has 7 nitrogen and oxygen atoms in total. The van der Waals surface area contributed by atoms with Crippen molar-refractivity contribution in [3.8, 4) is 11.5 Å². The highest BCUT2D eigenvalue weighted by molar-refractivity contribution is 6.02. The van der Waals surface area contributed by atoms with Gasteiger partial charge >= 0.3 is 0 Å². The Labute approximate surface area is 161 Å². The molecule has 28 heavy (non-hydrogen) atoms. The third-order valence-corrected chi connectivity index (χ3v) is 3.70. The van der Waals surface area contributed by atoms with E-state index in [0.717, 1.165) is 11.5 Å². The van der Waals surface area contributed by atoms with Crippen molar-refractivity contribution in [2.75, 3.05) is 30.9 Å². The van der Waals surface area contributed by atoms with Gasteiger partial charge in [-0.3, -0.25) is 4.79 Å². The van der Waals surface area contributed by atoms with E-state index in [1.807, 2.05) is 24.3 Å². The van der Waals surface area contributed by atoms with Gasteiger partial charge in [-0.05, 0) is 54.6 Å². The summed E-state index contributed by atoms with van der Waals surface area (Å²) in [6.45, 7) is 0.844. The Morgan fingerprint density at radius 1 is 1.04 bits per heavy atom. The van der Waals surface area contributed by atoms with Crippen molar-refractivity contribution in [3.63, 3.8) is 0 Å². The largest absolute Gasteiger partial charge is 0.497 e. The summed E-state index contributed by atoms with van der Waals surface area (Å²) < 4.78 is 23.6. The van der Waals surface area contributed by atoms with Crippen LogP contribution in [0, 0.1) is 5.82 Å². The van der Waals surface area contributed by atoms with Gasteiger partial charge in [0.15, 0.2) is 0 Å². The van der Waals surface area contributed by atoms with Gasteiger partial charge in [-0.1, -0.05) is 0 Å². The van der Waals surface area contributed by atoms with Gasteiger partial charge in [0.2, 0.25) is 5.95 Å². The number of ether oxygens (including phenoxy) is 2. The Morgan fingerprint density at radius 2 is 1.75 bits per heavy atom. The lowest BCUT2D eigenvalue weighted by molar-refractivity contribution is 0.102. The Hall–Kier alpha value is -3.68. The molecule has 8 heteroatoms. The van der Waals surface area contributed by atoms with Crippen molar-refractivity contribution in [1.82, 2.24) is 9.97 Å². The SMILES string of the molecule is COc1ccc(OCCNc2nccc(C(=O)Nc3ccc(F)cc3)n2)cc1. The minimum atomic E-state index is -0.411. The predicted molar refractivity (Wildman–Crippen MR) is 103 cm³/mol. The normalized spacial score (nSPS) is 10.2. The van der Waals surface area contributed by atoms with Crippen LogP contribution in [-0.4, -0.2) is 36.1 Å². The summed E-state index contributed by atoms with van der Waals surface area (Å²) in [6, 6.07) is 14.2. The zero-order valence-electron chi connectivity index (χ0n) is 15.2. The number of amides is 1. The summed E-state index contributed by atoms with van der Waals surface area (Å²) in [5.41, 5.74) is 0.672. The molecule has 0 bridgehead atoms. The van der Waals surface area contributed by atoms with Gasteiger partial charge in [0, 0.05) is 11.9 Å². The highest BCUT2D eigenvalue weighted by Gasteiger charge is 2.09. The molecular formula is C20H19FN4O3. The third-order valence-electron chi connectivity index (χ3n) is 3.70. The summed E-state index contributed by atoms with van der Waals surface area (Å²) in [6.07, 6.45) is 1.49. The lowest BCUT2D eigenvalue weighted by Crippen LogP contribution is -2.17. The molecule has 2 aromatic carbocycles. The molecule has 0 radical (unpaired) electrons. The lowest BCUT2D eigenvalue weighted by atomic mass is 10.3. The number of carbonyl (C=O) groups excluding carboxylic acids is 1. The number of methoxy groups -OCH3 is 1. The quantitative estimate of drug-likeness (QED) is 0.581. The molecule has 0 atom stereocenters. The van der Waals surface area contributed by atoms with Crippen LogP contribution in [0.15, 0.2) is 60.8 Å². The van der Waals surface area contributed by atoms with Gasteiger partial charge in [-0.15, -0.1) is 0 Å². The highest BCUT2D eigenvalue weighted by Crippen LogP contribution is 2.16. The van der Waals surface area contributed by atoms with Gasteiger partial charge in [0.1, 0.15) is 29.6 Å². The lowest BCUT2D eigenvalue weighted by Gasteiger charge is -2.09. The first-order valence-corrected chi connectivity index (χ1v) is 8.55. The smallest absolute Gasteiger partial charge is 0.274 e. The fourth-order valence-electron chi connectivity index (χ4n) is 2.30. The molecular weight excluding hydrogens is 363 g/mol. The zero-order valence-corrected chi connectivity index (χ0v) is 15.2. The molecule has 0 unspecified atom stereocenters. The van der Waals surface area contributed by atoms with Crippen LogP contribution in [0.3, 0.4) is 0 Å². The van der Waals surface area contributed by atoms with E-state index >= 15 is 0 Å². The summed E-state index contributed by atoms with van der Waals surface area (Å²) >= 11 is 0. The maximum absolute atomic E-state index is 12.9. The maximum Gasteiger partial charge on any atom is 0.274 e. The molecule has 0 aliphatic rings. The van der Waals surface area contributed by atoms with Crippen LogP contribution in [-0.2, 0) is 0 Å². The molecule has 1 amide bonds. The topological polar surface area (TPSA) is 85.4 Å². The van der Waals surface area contributed by atoms with E-state index < -0.39 is 5.91 Å². The molecule has 0 aliphatic carbocycles. The average molecular weight is 382 g/mol. The Kier molecular flexibility index (Phi) is 6.35. The van der Waals surface area contributed by atoms with Gasteiger partial charge in [0.05, 0.1) is 13.7 Å². The second kappa shape index (κ2) is 9.31. The number of carbonyl (C=O) groups is 1. The van der Waals surface area contributed by atoms with E-state index in [1.54, 1.807) is 7.11 Å². The number of hydrogen-bond donors (Lipinski definition) is 2. The van der Waals surface area contributed by atoms with E-state index in [0.29, 0.717) is 24.8 Å². The van der Waals surface area contributed by atoms with Crippen molar-refractivity contribution < 1.29 is 18.7 Å². The van der Waals surface area contributed by atoms with E-state index in [1.165, 1.54) is 36.5 Å². The molecule has 0 fully saturated rings. The zero-order chi connectivity index (χ0) is 19.8. The summed E-state index contributed by atoms with van der Waals surface area (Å²) in [5.74, 6) is 1.01. The molecule has 3 rings (SSSR count). The molecule has 1 aromatic heterocycles. The van der Waals surface area contributed by atoms with Crippen LogP contribution in [0.1, 0.15) is 10.5 Å². The number of nitrogens with zero attached hydrogens (tertiary/aromatic N) is 2. The van der Waals surface area contributed by atoms with Crippen LogP contribution in [0.25, 0.3) is 0 Å². The van der Waals surface area contributed by atoms with E-state index in [9.17, 15) is 9.18 Å². The standard InChI is InChI=1S/C20H19FN4O3/c1-27-16-6-8-17(9-7-16)28-13-12-23-20-22-11-10-18(25-20)19(26)24-15-4-2-14(21)3-5-15/h2-11H,12-13H2,1H3,(H,24,26)(H,22,23,25). The highest BCUT2D eigenvalue weighted by atomic mass is 19.1. The van der Waals surface area contributed by atoms with E-state index in [-0.39, 0.29) is 11.5 Å². The van der Waals surface area contributed by atoms with Crippen LogP contribution >= 0.6 is 0 Å². The minimum absolute atomic E-state index is 0.192. The Balaban J connectivity index is 1.49. The summed E-state index contributed by atoms with van der Waals surface area (Å²) in [7, 11) is 1.60. The van der Waals surface area contributed by atoms with Crippen LogP contribution in [0.2, 0.25) is 0 Å². The van der Waals surface area contributed by atoms with Crippen LogP contribution in [0.4, 0.5) is 16.0 Å². The van der Waals surface area contributed by atoms with E-state index in [4.69, 9.17) is 9.47 Å². The first kappa shape index (κ1) is 19.1. The van der Waals surface area contributed by atoms with Crippen molar-refractivity contribution >= 4 is 17.5 Å². The molecule has 0 aliphatic heterocycles. The fourth-order valence-corrected chi connectivity index (χ4v) is 2.30. The number of benzene rings is 2. The van der Waals surface area contributed by atoms with Crippen molar-refractivity contribution in [3.05, 3.63) is 72.3 Å². The summed E-state index contributed by atoms with van der Waals surface area (Å²) in [4.78, 5) is 20.5. The molecule has 144 valence electrons. The number of nitrogens with one attached hydrogen (secondary N) is 2. The second-order valence-electron chi connectivity index (χ2n) is 5.68. The number of halogens is 1. The van der Waals surface area contributed by atoms with Crippen molar-refractivity contribution in [1.29, 1.82) is 0 Å². The average Bonchev–Trinajstić information content (AvgIpc) is 2.73. The number of aromatic nitrogens is 2. The maximum atomic E-state index is 12.9. The monoisotopic (exact) mass is 382 g/mol. The van der Waals surface area contributed by atoms with Gasteiger partial charge in [-0.25, -0.2) is 14.4 Å². The minimum Gasteiger partial charge on any atom is -0.497 e. The van der Waals surface area contributed by atoms with Gasteiger partial charge in [-0.2, -0.15) is 0 Å². The summed E-state index contributed by atoms with van der Waals surface area (Å²) in [5, 5.41) is 5.65. The van der Waals surface area contributed by atoms with Crippen molar-refractivity contribution in [2.45, 2.75) is 0 Å². The first-order chi connectivity index (χ1) is 13.6. The van der Waals surface area contributed by atoms with Crippen molar-refractivity contribution in [2.24, 2.45) is 0 Å². The van der Waals surface area contributed by atoms with Crippen LogP contribution < -0.4 is 20.1 Å². The third kappa shape index (κ3) is 5.41. The van der Waals surface area contributed by atoms with Crippen LogP contribution in [0.5, 0.6) is 11.5 Å². The Bertz CT molecular complexity index is 917. The second-order valence-corrected chi connectivity index (χ2v) is 5.68. The van der Waals surface area contributed by atoms with Gasteiger partial charge < -0.3 is 20.1 Å². The predicted octanol–water partition coefficient (Wildman–Crippen LogP) is 3.37. The molecule has 2 N–H and O–H groups in total. The number of rotatable bonds is 8.